The van der Waals surface area contributed by atoms with Crippen LogP contribution < -0.4 is 20.3 Å². The molecule has 4 unspecified atom stereocenters. The Balaban J connectivity index is 1.24. The number of rotatable bonds is 7. The second kappa shape index (κ2) is 11.4. The zero-order chi connectivity index (χ0) is 24.8. The summed E-state index contributed by atoms with van der Waals surface area (Å²) < 4.78 is 11.2. The first kappa shape index (κ1) is 24.8. The van der Waals surface area contributed by atoms with Gasteiger partial charge in [0.1, 0.15) is 24.1 Å². The molecule has 0 saturated carbocycles. The monoisotopic (exact) mass is 484 g/mol. The third kappa shape index (κ3) is 6.02. The van der Waals surface area contributed by atoms with Gasteiger partial charge < -0.3 is 40.1 Å². The van der Waals surface area contributed by atoms with Crippen molar-refractivity contribution in [3.63, 3.8) is 0 Å². The van der Waals surface area contributed by atoms with E-state index >= 15 is 0 Å². The van der Waals surface area contributed by atoms with Gasteiger partial charge in [0.05, 0.1) is 25.3 Å². The van der Waals surface area contributed by atoms with Gasteiger partial charge in [-0.2, -0.15) is 0 Å². The van der Waals surface area contributed by atoms with Crippen LogP contribution >= 0.6 is 0 Å². The number of ether oxygens (including phenoxy) is 2. The molecule has 4 rings (SSSR count). The maximum Gasteiger partial charge on any atom is 0.319 e. The molecule has 35 heavy (non-hydrogen) atoms. The number of nitrogens with one attached hydrogen (secondary N) is 2. The maximum absolute atomic E-state index is 12.9. The minimum atomic E-state index is -1.21. The number of anilines is 2. The first-order valence-electron chi connectivity index (χ1n) is 11.7. The summed E-state index contributed by atoms with van der Waals surface area (Å²) in [7, 11) is 1.64. The highest BCUT2D eigenvalue weighted by Gasteiger charge is 2.44. The number of aliphatic hydroxyl groups is 2. The number of urea groups is 1. The molecule has 2 aromatic rings. The molecule has 4 N–H and O–H groups in total. The number of amides is 3. The van der Waals surface area contributed by atoms with E-state index in [4.69, 9.17) is 9.47 Å². The van der Waals surface area contributed by atoms with Gasteiger partial charge in [-0.25, -0.2) is 4.79 Å². The average molecular weight is 485 g/mol. The molecule has 188 valence electrons. The minimum absolute atomic E-state index is 0.000826. The smallest absolute Gasteiger partial charge is 0.319 e. The van der Waals surface area contributed by atoms with Gasteiger partial charge in [0.15, 0.2) is 0 Å². The molecule has 10 nitrogen and oxygen atoms in total. The molecule has 2 heterocycles. The third-order valence-corrected chi connectivity index (χ3v) is 6.39. The summed E-state index contributed by atoms with van der Waals surface area (Å²) in [5, 5.41) is 26.1. The number of aliphatic hydroxyl groups excluding tert-OH is 2. The van der Waals surface area contributed by atoms with Crippen LogP contribution in [-0.4, -0.2) is 91.3 Å². The van der Waals surface area contributed by atoms with Crippen LogP contribution in [0.2, 0.25) is 0 Å². The number of carbonyl (C=O) groups is 2. The van der Waals surface area contributed by atoms with Gasteiger partial charge in [0.25, 0.3) is 0 Å². The summed E-state index contributed by atoms with van der Waals surface area (Å²) >= 11 is 0. The molecule has 10 heteroatoms. The molecule has 2 fully saturated rings. The van der Waals surface area contributed by atoms with Crippen molar-refractivity contribution in [2.24, 2.45) is 0 Å². The Hall–Kier alpha value is -3.34. The van der Waals surface area contributed by atoms with E-state index in [9.17, 15) is 19.8 Å². The first-order valence-corrected chi connectivity index (χ1v) is 11.7. The fraction of sp³-hybridized carbons (Fsp3) is 0.440. The van der Waals surface area contributed by atoms with Crippen molar-refractivity contribution in [3.05, 3.63) is 54.6 Å². The Bertz CT molecular complexity index is 998. The lowest BCUT2D eigenvalue weighted by Crippen LogP contribution is -2.50. The van der Waals surface area contributed by atoms with E-state index in [1.54, 1.807) is 36.3 Å². The van der Waals surface area contributed by atoms with Crippen molar-refractivity contribution in [2.45, 2.75) is 30.8 Å². The van der Waals surface area contributed by atoms with Crippen LogP contribution in [0.3, 0.4) is 0 Å². The number of benzene rings is 2. The molecular weight excluding hydrogens is 452 g/mol. The van der Waals surface area contributed by atoms with E-state index in [0.29, 0.717) is 31.9 Å². The Kier molecular flexibility index (Phi) is 8.06. The molecule has 0 spiro atoms. The molecule has 3 amide bonds. The lowest BCUT2D eigenvalue weighted by Gasteiger charge is -2.37. The molecule has 2 aromatic carbocycles. The molecule has 0 bridgehead atoms. The van der Waals surface area contributed by atoms with Crippen molar-refractivity contribution < 1.29 is 29.3 Å². The Morgan fingerprint density at radius 2 is 1.63 bits per heavy atom. The van der Waals surface area contributed by atoms with Crippen LogP contribution in [0.5, 0.6) is 5.75 Å². The predicted molar refractivity (Wildman–Crippen MR) is 131 cm³/mol. The van der Waals surface area contributed by atoms with Gasteiger partial charge in [0.2, 0.25) is 5.91 Å². The number of piperazine rings is 1. The lowest BCUT2D eigenvalue weighted by atomic mass is 10.0. The molecule has 0 aliphatic carbocycles. The number of hydrogen-bond donors (Lipinski definition) is 4. The number of carbonyl (C=O) groups excluding carboxylic acids is 2. The second-order valence-corrected chi connectivity index (χ2v) is 8.64. The molecule has 2 saturated heterocycles. The fourth-order valence-corrected chi connectivity index (χ4v) is 4.44. The van der Waals surface area contributed by atoms with Gasteiger partial charge in [0, 0.05) is 38.4 Å². The van der Waals surface area contributed by atoms with E-state index in [1.165, 1.54) is 0 Å². The number of hydrogen-bond acceptors (Lipinski definition) is 7. The summed E-state index contributed by atoms with van der Waals surface area (Å²) in [4.78, 5) is 28.9. The Labute approximate surface area is 204 Å². The Morgan fingerprint density at radius 3 is 2.34 bits per heavy atom. The topological polar surface area (TPSA) is 124 Å². The van der Waals surface area contributed by atoms with Crippen molar-refractivity contribution >= 4 is 23.3 Å². The molecule has 2 aliphatic heterocycles. The van der Waals surface area contributed by atoms with Crippen LogP contribution in [0.25, 0.3) is 0 Å². The van der Waals surface area contributed by atoms with E-state index < -0.39 is 30.4 Å². The largest absolute Gasteiger partial charge is 0.495 e. The van der Waals surface area contributed by atoms with E-state index in [1.807, 2.05) is 30.3 Å². The van der Waals surface area contributed by atoms with Crippen LogP contribution in [-0.2, 0) is 9.53 Å². The van der Waals surface area contributed by atoms with Crippen LogP contribution in [0.1, 0.15) is 6.42 Å². The van der Waals surface area contributed by atoms with Crippen molar-refractivity contribution in [1.29, 1.82) is 0 Å². The average Bonchev–Trinajstić information content (AvgIpc) is 3.15. The van der Waals surface area contributed by atoms with Crippen LogP contribution in [0, 0.1) is 0 Å². The Morgan fingerprint density at radius 1 is 0.971 bits per heavy atom. The van der Waals surface area contributed by atoms with Crippen molar-refractivity contribution in [2.75, 3.05) is 50.1 Å². The highest BCUT2D eigenvalue weighted by molar-refractivity contribution is 5.89. The second-order valence-electron chi connectivity index (χ2n) is 8.64. The molecule has 2 aliphatic rings. The first-order chi connectivity index (χ1) is 17.0. The van der Waals surface area contributed by atoms with Gasteiger partial charge in [-0.05, 0) is 24.3 Å². The van der Waals surface area contributed by atoms with Crippen molar-refractivity contribution in [1.82, 2.24) is 10.2 Å². The minimum Gasteiger partial charge on any atom is -0.495 e. The third-order valence-electron chi connectivity index (χ3n) is 6.39. The van der Waals surface area contributed by atoms with E-state index in [-0.39, 0.29) is 18.9 Å². The number of methoxy groups -OCH3 is 1. The molecule has 0 aromatic heterocycles. The zero-order valence-corrected chi connectivity index (χ0v) is 19.7. The van der Waals surface area contributed by atoms with Crippen LogP contribution in [0.15, 0.2) is 54.6 Å². The fourth-order valence-electron chi connectivity index (χ4n) is 4.44. The normalized spacial score (nSPS) is 24.2. The van der Waals surface area contributed by atoms with Gasteiger partial charge in [-0.1, -0.05) is 30.3 Å². The highest BCUT2D eigenvalue weighted by atomic mass is 16.5. The highest BCUT2D eigenvalue weighted by Crippen LogP contribution is 2.29. The SMILES string of the molecule is COc1ccccc1N1CCN(C(=O)CC2OC(CNC(=O)Nc3ccccc3)C(O)C2O)CC1. The lowest BCUT2D eigenvalue weighted by molar-refractivity contribution is -0.135. The van der Waals surface area contributed by atoms with Gasteiger partial charge in [-0.3, -0.25) is 4.79 Å². The van der Waals surface area contributed by atoms with E-state index in [0.717, 1.165) is 11.4 Å². The number of para-hydroxylation sites is 3. The standard InChI is InChI=1S/C25H32N4O6/c1-34-19-10-6-5-9-18(19)28-11-13-29(14-12-28)22(30)15-20-23(31)24(32)21(35-20)16-26-25(33)27-17-7-3-2-4-8-17/h2-10,20-21,23-24,31-32H,11-16H2,1H3,(H2,26,27,33). The van der Waals surface area contributed by atoms with Crippen LogP contribution in [0.4, 0.5) is 16.2 Å². The summed E-state index contributed by atoms with van der Waals surface area (Å²) in [5.41, 5.74) is 1.62. The molecule has 4 atom stereocenters. The maximum atomic E-state index is 12.9. The summed E-state index contributed by atoms with van der Waals surface area (Å²) in [5.74, 6) is 0.650. The summed E-state index contributed by atoms with van der Waals surface area (Å²) in [6.07, 6.45) is -4.11. The van der Waals surface area contributed by atoms with Crippen molar-refractivity contribution in [3.8, 4) is 5.75 Å². The van der Waals surface area contributed by atoms with Gasteiger partial charge >= 0.3 is 6.03 Å². The zero-order valence-electron chi connectivity index (χ0n) is 19.7. The number of nitrogens with zero attached hydrogens (tertiary/aromatic N) is 2. The quantitative estimate of drug-likeness (QED) is 0.463. The molecule has 0 radical (unpaired) electrons. The van der Waals surface area contributed by atoms with Gasteiger partial charge in [-0.15, -0.1) is 0 Å². The predicted octanol–water partition coefficient (Wildman–Crippen LogP) is 1.04. The summed E-state index contributed by atoms with van der Waals surface area (Å²) in [6, 6.07) is 16.3. The summed E-state index contributed by atoms with van der Waals surface area (Å²) in [6.45, 7) is 2.39. The molecular formula is C25H32N4O6. The van der Waals surface area contributed by atoms with E-state index in [2.05, 4.69) is 15.5 Å².